The van der Waals surface area contributed by atoms with Crippen molar-refractivity contribution >= 4 is 11.8 Å². The van der Waals surface area contributed by atoms with Crippen LogP contribution in [0.1, 0.15) is 40.7 Å². The predicted octanol–water partition coefficient (Wildman–Crippen LogP) is 2.99. The smallest absolute Gasteiger partial charge is 0.307 e. The maximum atomic E-state index is 12.5. The van der Waals surface area contributed by atoms with Gasteiger partial charge in [0.05, 0.1) is 5.92 Å². The summed E-state index contributed by atoms with van der Waals surface area (Å²) in [5.74, 6) is -1.68. The van der Waals surface area contributed by atoms with E-state index in [9.17, 15) is 9.59 Å². The van der Waals surface area contributed by atoms with Crippen molar-refractivity contribution in [1.82, 2.24) is 0 Å². The molecule has 96 valence electrons. The molecule has 0 saturated heterocycles. The third kappa shape index (κ3) is 2.30. The molecular formula is C15H18O3. The second-order valence-electron chi connectivity index (χ2n) is 5.16. The van der Waals surface area contributed by atoms with Crippen LogP contribution in [-0.4, -0.2) is 16.9 Å². The SMILES string of the molecule is Cc1ccc(C)c(C(=O)[C@@H]2CCC[C@H]2C(=O)O)c1. The Morgan fingerprint density at radius 3 is 2.50 bits per heavy atom. The maximum Gasteiger partial charge on any atom is 0.307 e. The van der Waals surface area contributed by atoms with Gasteiger partial charge in [-0.05, 0) is 38.3 Å². The van der Waals surface area contributed by atoms with Crippen molar-refractivity contribution in [3.05, 3.63) is 34.9 Å². The van der Waals surface area contributed by atoms with Gasteiger partial charge < -0.3 is 5.11 Å². The van der Waals surface area contributed by atoms with E-state index in [2.05, 4.69) is 0 Å². The lowest BCUT2D eigenvalue weighted by molar-refractivity contribution is -0.142. The Bertz CT molecular complexity index is 491. The molecule has 1 N–H and O–H groups in total. The normalized spacial score (nSPS) is 23.0. The monoisotopic (exact) mass is 246 g/mol. The van der Waals surface area contributed by atoms with Crippen molar-refractivity contribution in [1.29, 1.82) is 0 Å². The van der Waals surface area contributed by atoms with Gasteiger partial charge in [-0.15, -0.1) is 0 Å². The summed E-state index contributed by atoms with van der Waals surface area (Å²) in [5.41, 5.74) is 2.66. The number of carbonyl (C=O) groups is 2. The van der Waals surface area contributed by atoms with Gasteiger partial charge in [-0.3, -0.25) is 9.59 Å². The van der Waals surface area contributed by atoms with Gasteiger partial charge >= 0.3 is 5.97 Å². The number of aryl methyl sites for hydroxylation is 2. The first-order chi connectivity index (χ1) is 8.50. The summed E-state index contributed by atoms with van der Waals surface area (Å²) in [6.45, 7) is 3.84. The van der Waals surface area contributed by atoms with E-state index in [1.54, 1.807) is 0 Å². The first kappa shape index (κ1) is 12.8. The predicted molar refractivity (Wildman–Crippen MR) is 68.7 cm³/mol. The van der Waals surface area contributed by atoms with Crippen molar-refractivity contribution in [3.63, 3.8) is 0 Å². The number of hydrogen-bond acceptors (Lipinski definition) is 2. The van der Waals surface area contributed by atoms with Crippen LogP contribution in [0.25, 0.3) is 0 Å². The van der Waals surface area contributed by atoms with E-state index >= 15 is 0 Å². The summed E-state index contributed by atoms with van der Waals surface area (Å²) in [6, 6.07) is 5.76. The molecule has 3 nitrogen and oxygen atoms in total. The molecular weight excluding hydrogens is 228 g/mol. The van der Waals surface area contributed by atoms with E-state index in [4.69, 9.17) is 5.11 Å². The van der Waals surface area contributed by atoms with Crippen LogP contribution >= 0.6 is 0 Å². The summed E-state index contributed by atoms with van der Waals surface area (Å²) in [4.78, 5) is 23.6. The van der Waals surface area contributed by atoms with Gasteiger partial charge in [0.25, 0.3) is 0 Å². The highest BCUT2D eigenvalue weighted by atomic mass is 16.4. The topological polar surface area (TPSA) is 54.4 Å². The van der Waals surface area contributed by atoms with Crippen LogP contribution in [0.15, 0.2) is 18.2 Å². The first-order valence-corrected chi connectivity index (χ1v) is 6.35. The minimum absolute atomic E-state index is 0.00102. The fraction of sp³-hybridized carbons (Fsp3) is 0.467. The molecule has 2 atom stereocenters. The molecule has 3 heteroatoms. The highest BCUT2D eigenvalue weighted by Crippen LogP contribution is 2.35. The Kier molecular flexibility index (Phi) is 3.50. The van der Waals surface area contributed by atoms with E-state index in [1.807, 2.05) is 32.0 Å². The van der Waals surface area contributed by atoms with Gasteiger partial charge in [0.2, 0.25) is 0 Å². The largest absolute Gasteiger partial charge is 0.481 e. The third-order valence-electron chi connectivity index (χ3n) is 3.83. The number of aliphatic carboxylic acids is 1. The molecule has 0 aromatic heterocycles. The Morgan fingerprint density at radius 2 is 1.83 bits per heavy atom. The van der Waals surface area contributed by atoms with Crippen molar-refractivity contribution in [2.45, 2.75) is 33.1 Å². The molecule has 0 unspecified atom stereocenters. The second-order valence-corrected chi connectivity index (χ2v) is 5.16. The molecule has 1 aromatic carbocycles. The lowest BCUT2D eigenvalue weighted by atomic mass is 9.86. The average Bonchev–Trinajstić information content (AvgIpc) is 2.80. The highest BCUT2D eigenvalue weighted by molar-refractivity contribution is 6.01. The summed E-state index contributed by atoms with van der Waals surface area (Å²) < 4.78 is 0. The molecule has 2 rings (SSSR count). The summed E-state index contributed by atoms with van der Waals surface area (Å²) in [7, 11) is 0. The highest BCUT2D eigenvalue weighted by Gasteiger charge is 2.38. The van der Waals surface area contributed by atoms with Crippen LogP contribution < -0.4 is 0 Å². The van der Waals surface area contributed by atoms with Crippen LogP contribution in [-0.2, 0) is 4.79 Å². The van der Waals surface area contributed by atoms with Crippen molar-refractivity contribution in [2.24, 2.45) is 11.8 Å². The quantitative estimate of drug-likeness (QED) is 0.834. The van der Waals surface area contributed by atoms with Gasteiger partial charge in [0, 0.05) is 11.5 Å². The van der Waals surface area contributed by atoms with Gasteiger partial charge in [-0.2, -0.15) is 0 Å². The van der Waals surface area contributed by atoms with Crippen LogP contribution in [0, 0.1) is 25.7 Å². The van der Waals surface area contributed by atoms with E-state index in [1.165, 1.54) is 0 Å². The minimum Gasteiger partial charge on any atom is -0.481 e. The van der Waals surface area contributed by atoms with Gasteiger partial charge in [-0.1, -0.05) is 24.1 Å². The first-order valence-electron chi connectivity index (χ1n) is 6.35. The molecule has 18 heavy (non-hydrogen) atoms. The Balaban J connectivity index is 2.31. The number of ketones is 1. The van der Waals surface area contributed by atoms with E-state index < -0.39 is 11.9 Å². The average molecular weight is 246 g/mol. The molecule has 1 saturated carbocycles. The number of carboxylic acid groups (broad SMARTS) is 1. The Hall–Kier alpha value is -1.64. The second kappa shape index (κ2) is 4.92. The van der Waals surface area contributed by atoms with Gasteiger partial charge in [-0.25, -0.2) is 0 Å². The molecule has 1 fully saturated rings. The Labute approximate surface area is 107 Å². The van der Waals surface area contributed by atoms with Crippen LogP contribution in [0.4, 0.5) is 0 Å². The molecule has 0 heterocycles. The summed E-state index contributed by atoms with van der Waals surface area (Å²) in [5, 5.41) is 9.15. The lowest BCUT2D eigenvalue weighted by Crippen LogP contribution is -2.25. The maximum absolute atomic E-state index is 12.5. The van der Waals surface area contributed by atoms with Crippen LogP contribution in [0.5, 0.6) is 0 Å². The van der Waals surface area contributed by atoms with E-state index in [-0.39, 0.29) is 11.7 Å². The van der Waals surface area contributed by atoms with Crippen LogP contribution in [0.3, 0.4) is 0 Å². The minimum atomic E-state index is -0.837. The number of carboxylic acids is 1. The van der Waals surface area contributed by atoms with E-state index in [0.29, 0.717) is 18.4 Å². The van der Waals surface area contributed by atoms with E-state index in [0.717, 1.165) is 17.5 Å². The van der Waals surface area contributed by atoms with Gasteiger partial charge in [0.1, 0.15) is 0 Å². The lowest BCUT2D eigenvalue weighted by Gasteiger charge is -2.16. The summed E-state index contributed by atoms with van der Waals surface area (Å²) in [6.07, 6.45) is 2.15. The molecule has 0 radical (unpaired) electrons. The number of rotatable bonds is 3. The molecule has 0 spiro atoms. The van der Waals surface area contributed by atoms with Crippen molar-refractivity contribution in [2.75, 3.05) is 0 Å². The zero-order chi connectivity index (χ0) is 13.3. The molecule has 0 amide bonds. The number of benzene rings is 1. The zero-order valence-corrected chi connectivity index (χ0v) is 10.8. The zero-order valence-electron chi connectivity index (χ0n) is 10.8. The molecule has 0 aliphatic heterocycles. The van der Waals surface area contributed by atoms with Crippen molar-refractivity contribution < 1.29 is 14.7 Å². The summed E-state index contributed by atoms with van der Waals surface area (Å²) >= 11 is 0. The molecule has 1 aliphatic rings. The molecule has 1 aliphatic carbocycles. The molecule has 1 aromatic rings. The van der Waals surface area contributed by atoms with Crippen LogP contribution in [0.2, 0.25) is 0 Å². The standard InChI is InChI=1S/C15H18O3/c1-9-6-7-10(2)13(8-9)14(16)11-4-3-5-12(11)15(17)18/h6-8,11-12H,3-5H2,1-2H3,(H,17,18)/t11-,12-/m1/s1. The number of Topliss-reactive ketones (excluding diaryl/α,β-unsaturated/α-hetero) is 1. The number of carbonyl (C=O) groups excluding carboxylic acids is 1. The Morgan fingerprint density at radius 1 is 1.17 bits per heavy atom. The fourth-order valence-electron chi connectivity index (χ4n) is 2.77. The fourth-order valence-corrected chi connectivity index (χ4v) is 2.77. The third-order valence-corrected chi connectivity index (χ3v) is 3.83. The number of hydrogen-bond donors (Lipinski definition) is 1. The van der Waals surface area contributed by atoms with Gasteiger partial charge in [0.15, 0.2) is 5.78 Å². The molecule has 0 bridgehead atoms. The van der Waals surface area contributed by atoms with Crippen molar-refractivity contribution in [3.8, 4) is 0 Å².